The van der Waals surface area contributed by atoms with Gasteiger partial charge in [-0.05, 0) is 24.3 Å². The normalized spacial score (nSPS) is 12.5. The van der Waals surface area contributed by atoms with Crippen molar-refractivity contribution in [2.75, 3.05) is 0 Å². The lowest BCUT2D eigenvalue weighted by Gasteiger charge is -2.06. The Balaban J connectivity index is 1.58. The summed E-state index contributed by atoms with van der Waals surface area (Å²) < 4.78 is 11.6. The van der Waals surface area contributed by atoms with Gasteiger partial charge in [0.2, 0.25) is 0 Å². The fourth-order valence-electron chi connectivity index (χ4n) is 2.38. The number of fused-ring (bicyclic) bond motifs is 1. The summed E-state index contributed by atoms with van der Waals surface area (Å²) in [4.78, 5) is 4.35. The van der Waals surface area contributed by atoms with Crippen LogP contribution in [0.15, 0.2) is 72.9 Å². The minimum absolute atomic E-state index is 0.375. The monoisotopic (exact) mass is 273 g/mol. The van der Waals surface area contributed by atoms with Gasteiger partial charge < -0.3 is 9.31 Å². The van der Waals surface area contributed by atoms with Crippen molar-refractivity contribution in [3.8, 4) is 22.8 Å². The smallest absolute Gasteiger partial charge is 0.519 e. The molecule has 21 heavy (non-hydrogen) atoms. The van der Waals surface area contributed by atoms with Crippen molar-refractivity contribution >= 4 is 12.6 Å². The van der Waals surface area contributed by atoms with E-state index in [0.717, 1.165) is 28.2 Å². The lowest BCUT2D eigenvalue weighted by molar-refractivity contribution is 0.519. The number of nitrogens with zero attached hydrogens (tertiary/aromatic N) is 1. The Morgan fingerprint density at radius 2 is 1.38 bits per heavy atom. The van der Waals surface area contributed by atoms with E-state index in [1.165, 1.54) is 0 Å². The molecule has 3 aromatic rings. The zero-order valence-electron chi connectivity index (χ0n) is 11.3. The zero-order chi connectivity index (χ0) is 14.1. The predicted octanol–water partition coefficient (Wildman–Crippen LogP) is 2.92. The van der Waals surface area contributed by atoms with Crippen LogP contribution in [0.4, 0.5) is 0 Å². The fourth-order valence-corrected chi connectivity index (χ4v) is 2.38. The highest BCUT2D eigenvalue weighted by atomic mass is 16.6. The fraction of sp³-hybridized carbons (Fsp3) is 0. The first-order valence-corrected chi connectivity index (χ1v) is 6.84. The SMILES string of the molecule is c1ccc(-c2ccc(B3Oc4ccccc4O3)cc2)nc1. The van der Waals surface area contributed by atoms with E-state index in [4.69, 9.17) is 9.31 Å². The first-order chi connectivity index (χ1) is 10.4. The minimum Gasteiger partial charge on any atom is -0.519 e. The molecule has 4 heteroatoms. The maximum Gasteiger partial charge on any atom is 0.632 e. The van der Waals surface area contributed by atoms with Crippen LogP contribution in [0.1, 0.15) is 0 Å². The van der Waals surface area contributed by atoms with Crippen LogP contribution in [0.3, 0.4) is 0 Å². The Hall–Kier alpha value is -2.75. The molecule has 0 aliphatic carbocycles. The van der Waals surface area contributed by atoms with E-state index in [2.05, 4.69) is 4.98 Å². The van der Waals surface area contributed by atoms with Crippen molar-refractivity contribution in [3.63, 3.8) is 0 Å². The third kappa shape index (κ3) is 2.25. The summed E-state index contributed by atoms with van der Waals surface area (Å²) in [5, 5.41) is 0. The second-order valence-corrected chi connectivity index (χ2v) is 4.85. The highest BCUT2D eigenvalue weighted by molar-refractivity contribution is 6.63. The Morgan fingerprint density at radius 1 is 0.714 bits per heavy atom. The van der Waals surface area contributed by atoms with Gasteiger partial charge in [0.05, 0.1) is 5.69 Å². The molecule has 0 radical (unpaired) electrons. The largest absolute Gasteiger partial charge is 0.632 e. The van der Waals surface area contributed by atoms with E-state index in [1.54, 1.807) is 6.20 Å². The van der Waals surface area contributed by atoms with Crippen molar-refractivity contribution in [2.45, 2.75) is 0 Å². The molecule has 0 bridgehead atoms. The summed E-state index contributed by atoms with van der Waals surface area (Å²) in [7, 11) is -0.375. The maximum absolute atomic E-state index is 5.80. The molecule has 0 amide bonds. The Morgan fingerprint density at radius 3 is 2.00 bits per heavy atom. The molecule has 1 aliphatic heterocycles. The van der Waals surface area contributed by atoms with E-state index in [1.807, 2.05) is 66.7 Å². The van der Waals surface area contributed by atoms with Gasteiger partial charge in [-0.3, -0.25) is 4.98 Å². The standard InChI is InChI=1S/C17H12BNO2/c1-2-7-17-16(6-1)20-18(21-17)14-10-8-13(9-11-14)15-5-3-4-12-19-15/h1-12H. The molecule has 2 aromatic carbocycles. The van der Waals surface area contributed by atoms with Gasteiger partial charge >= 0.3 is 7.12 Å². The summed E-state index contributed by atoms with van der Waals surface area (Å²) in [6.45, 7) is 0. The van der Waals surface area contributed by atoms with Gasteiger partial charge in [0, 0.05) is 17.2 Å². The molecule has 0 saturated heterocycles. The molecule has 0 saturated carbocycles. The minimum atomic E-state index is -0.375. The Bertz CT molecular complexity index is 734. The van der Waals surface area contributed by atoms with Gasteiger partial charge in [-0.2, -0.15) is 0 Å². The summed E-state index contributed by atoms with van der Waals surface area (Å²) in [6, 6.07) is 21.7. The number of para-hydroxylation sites is 2. The summed E-state index contributed by atoms with van der Waals surface area (Å²) in [5.41, 5.74) is 3.03. The van der Waals surface area contributed by atoms with Gasteiger partial charge in [0.25, 0.3) is 0 Å². The Kier molecular flexibility index (Phi) is 2.85. The number of aromatic nitrogens is 1. The van der Waals surface area contributed by atoms with Gasteiger partial charge in [-0.25, -0.2) is 0 Å². The second kappa shape index (κ2) is 4.98. The van der Waals surface area contributed by atoms with E-state index in [9.17, 15) is 0 Å². The van der Waals surface area contributed by atoms with Gasteiger partial charge in [0.15, 0.2) is 0 Å². The lowest BCUT2D eigenvalue weighted by atomic mass is 9.79. The van der Waals surface area contributed by atoms with E-state index >= 15 is 0 Å². The number of pyridine rings is 1. The van der Waals surface area contributed by atoms with E-state index in [0.29, 0.717) is 0 Å². The van der Waals surface area contributed by atoms with E-state index < -0.39 is 0 Å². The van der Waals surface area contributed by atoms with Gasteiger partial charge in [-0.1, -0.05) is 42.5 Å². The highest BCUT2D eigenvalue weighted by Gasteiger charge is 2.33. The summed E-state index contributed by atoms with van der Waals surface area (Å²) in [6.07, 6.45) is 1.79. The molecule has 0 spiro atoms. The van der Waals surface area contributed by atoms with Crippen molar-refractivity contribution in [1.82, 2.24) is 4.98 Å². The quantitative estimate of drug-likeness (QED) is 0.673. The topological polar surface area (TPSA) is 31.4 Å². The van der Waals surface area contributed by atoms with Crippen molar-refractivity contribution < 1.29 is 9.31 Å². The summed E-state index contributed by atoms with van der Waals surface area (Å²) in [5.74, 6) is 1.58. The maximum atomic E-state index is 5.80. The number of hydrogen-bond donors (Lipinski definition) is 0. The molecule has 4 rings (SSSR count). The zero-order valence-corrected chi connectivity index (χ0v) is 11.3. The van der Waals surface area contributed by atoms with Crippen LogP contribution >= 0.6 is 0 Å². The van der Waals surface area contributed by atoms with Crippen LogP contribution in [0.25, 0.3) is 11.3 Å². The third-order valence-corrected chi connectivity index (χ3v) is 3.46. The molecule has 2 heterocycles. The first-order valence-electron chi connectivity index (χ1n) is 6.84. The van der Waals surface area contributed by atoms with Crippen LogP contribution in [0.5, 0.6) is 11.5 Å². The molecule has 1 aliphatic rings. The summed E-state index contributed by atoms with van der Waals surface area (Å²) >= 11 is 0. The van der Waals surface area contributed by atoms with Crippen LogP contribution in [-0.2, 0) is 0 Å². The molecule has 1 aromatic heterocycles. The highest BCUT2D eigenvalue weighted by Crippen LogP contribution is 2.32. The molecule has 3 nitrogen and oxygen atoms in total. The average molecular weight is 273 g/mol. The molecule has 0 N–H and O–H groups in total. The number of hydrogen-bond acceptors (Lipinski definition) is 3. The van der Waals surface area contributed by atoms with Gasteiger partial charge in [-0.15, -0.1) is 0 Å². The third-order valence-electron chi connectivity index (χ3n) is 3.46. The van der Waals surface area contributed by atoms with Crippen molar-refractivity contribution in [1.29, 1.82) is 0 Å². The molecule has 0 atom stereocenters. The van der Waals surface area contributed by atoms with E-state index in [-0.39, 0.29) is 7.12 Å². The number of rotatable bonds is 2. The van der Waals surface area contributed by atoms with Crippen LogP contribution < -0.4 is 14.8 Å². The molecule has 0 unspecified atom stereocenters. The first kappa shape index (κ1) is 12.0. The lowest BCUT2D eigenvalue weighted by Crippen LogP contribution is -2.38. The molecular weight excluding hydrogens is 261 g/mol. The van der Waals surface area contributed by atoms with Gasteiger partial charge in [0.1, 0.15) is 11.5 Å². The van der Waals surface area contributed by atoms with Crippen molar-refractivity contribution in [2.24, 2.45) is 0 Å². The van der Waals surface area contributed by atoms with Crippen LogP contribution in [0.2, 0.25) is 0 Å². The second-order valence-electron chi connectivity index (χ2n) is 4.85. The van der Waals surface area contributed by atoms with Crippen molar-refractivity contribution in [3.05, 3.63) is 72.9 Å². The molecule has 0 fully saturated rings. The Labute approximate surface area is 123 Å². The van der Waals surface area contributed by atoms with Crippen LogP contribution in [0, 0.1) is 0 Å². The number of benzene rings is 2. The molecule has 100 valence electrons. The molecular formula is C17H12BNO2. The average Bonchev–Trinajstić information content (AvgIpc) is 3.00. The predicted molar refractivity (Wildman–Crippen MR) is 82.8 cm³/mol. The van der Waals surface area contributed by atoms with Crippen LogP contribution in [-0.4, -0.2) is 12.1 Å².